The van der Waals surface area contributed by atoms with E-state index < -0.39 is 0 Å². The average Bonchev–Trinajstić information content (AvgIpc) is 3.39. The molecule has 0 aliphatic rings. The van der Waals surface area contributed by atoms with E-state index in [1.54, 1.807) is 43.8 Å². The van der Waals surface area contributed by atoms with Crippen LogP contribution in [0.25, 0.3) is 22.0 Å². The van der Waals surface area contributed by atoms with E-state index in [0.29, 0.717) is 43.8 Å². The van der Waals surface area contributed by atoms with E-state index in [1.165, 1.54) is 16.4 Å². The van der Waals surface area contributed by atoms with E-state index in [2.05, 4.69) is 10.2 Å². The summed E-state index contributed by atoms with van der Waals surface area (Å²) in [7, 11) is 3.22. The Bertz CT molecular complexity index is 1230. The lowest BCUT2D eigenvalue weighted by Gasteiger charge is -2.08. The number of hydrogen-bond donors (Lipinski definition) is 1. The highest BCUT2D eigenvalue weighted by atomic mass is 35.5. The standard InChI is InChI=1S/C20H17Cl2N5O2S2/c1-28-16-6-3-11(7-17(16)29-2)19-24-13(9-30-19)10-31-20-26-25-18(27(20)23)14-5-4-12(21)8-15(14)22/h3-9H,10,23H2,1-2H3. The van der Waals surface area contributed by atoms with Crippen molar-refractivity contribution in [2.24, 2.45) is 0 Å². The first-order valence-corrected chi connectivity index (χ1v) is 11.6. The number of methoxy groups -OCH3 is 2. The zero-order valence-corrected chi connectivity index (χ0v) is 19.6. The van der Waals surface area contributed by atoms with E-state index in [9.17, 15) is 0 Å². The SMILES string of the molecule is COc1ccc(-c2nc(CSc3nnc(-c4ccc(Cl)cc4Cl)n3N)cs2)cc1OC. The fourth-order valence-corrected chi connectivity index (χ4v) is 5.01. The van der Waals surface area contributed by atoms with Gasteiger partial charge in [0, 0.05) is 27.3 Å². The van der Waals surface area contributed by atoms with Gasteiger partial charge in [0.15, 0.2) is 17.3 Å². The molecule has 0 unspecified atom stereocenters. The second kappa shape index (κ2) is 9.35. The van der Waals surface area contributed by atoms with E-state index in [1.807, 2.05) is 23.6 Å². The summed E-state index contributed by atoms with van der Waals surface area (Å²) in [6.07, 6.45) is 0. The van der Waals surface area contributed by atoms with E-state index in [4.69, 9.17) is 43.5 Å². The topological polar surface area (TPSA) is 88.1 Å². The van der Waals surface area contributed by atoms with Crippen LogP contribution in [0.15, 0.2) is 46.9 Å². The van der Waals surface area contributed by atoms with Gasteiger partial charge >= 0.3 is 0 Å². The number of aromatic nitrogens is 4. The number of nitrogens with zero attached hydrogens (tertiary/aromatic N) is 4. The van der Waals surface area contributed by atoms with Crippen LogP contribution in [-0.2, 0) is 5.75 Å². The van der Waals surface area contributed by atoms with Crippen LogP contribution >= 0.6 is 46.3 Å². The van der Waals surface area contributed by atoms with Crippen LogP contribution < -0.4 is 15.3 Å². The van der Waals surface area contributed by atoms with Gasteiger partial charge in [-0.3, -0.25) is 0 Å². The van der Waals surface area contributed by atoms with E-state index in [0.717, 1.165) is 16.3 Å². The first-order valence-electron chi connectivity index (χ1n) is 8.95. The molecule has 0 amide bonds. The summed E-state index contributed by atoms with van der Waals surface area (Å²) in [5, 5.41) is 12.8. The monoisotopic (exact) mass is 493 g/mol. The molecule has 0 aliphatic carbocycles. The summed E-state index contributed by atoms with van der Waals surface area (Å²) in [4.78, 5) is 4.71. The van der Waals surface area contributed by atoms with E-state index >= 15 is 0 Å². The maximum absolute atomic E-state index is 6.27. The van der Waals surface area contributed by atoms with Crippen molar-refractivity contribution in [1.82, 2.24) is 19.9 Å². The van der Waals surface area contributed by atoms with Gasteiger partial charge in [-0.2, -0.15) is 0 Å². The lowest BCUT2D eigenvalue weighted by atomic mass is 10.2. The molecule has 7 nitrogen and oxygen atoms in total. The van der Waals surface area contributed by atoms with Crippen LogP contribution in [0.2, 0.25) is 10.0 Å². The van der Waals surface area contributed by atoms with Gasteiger partial charge in [-0.25, -0.2) is 9.66 Å². The van der Waals surface area contributed by atoms with Crippen molar-refractivity contribution in [1.29, 1.82) is 0 Å². The summed E-state index contributed by atoms with van der Waals surface area (Å²) < 4.78 is 12.1. The maximum atomic E-state index is 6.27. The molecular weight excluding hydrogens is 477 g/mol. The molecule has 2 aromatic heterocycles. The molecule has 11 heteroatoms. The number of benzene rings is 2. The highest BCUT2D eigenvalue weighted by molar-refractivity contribution is 7.98. The predicted molar refractivity (Wildman–Crippen MR) is 126 cm³/mol. The minimum Gasteiger partial charge on any atom is -0.493 e. The van der Waals surface area contributed by atoms with Gasteiger partial charge in [-0.15, -0.1) is 21.5 Å². The van der Waals surface area contributed by atoms with Crippen molar-refractivity contribution in [2.75, 3.05) is 20.1 Å². The van der Waals surface area contributed by atoms with Gasteiger partial charge in [0.25, 0.3) is 0 Å². The van der Waals surface area contributed by atoms with Crippen LogP contribution in [0.5, 0.6) is 11.5 Å². The van der Waals surface area contributed by atoms with Gasteiger partial charge in [0.1, 0.15) is 5.01 Å². The quantitative estimate of drug-likeness (QED) is 0.272. The van der Waals surface area contributed by atoms with Crippen molar-refractivity contribution in [3.63, 3.8) is 0 Å². The average molecular weight is 494 g/mol. The molecule has 0 fully saturated rings. The van der Waals surface area contributed by atoms with Crippen LogP contribution in [0.1, 0.15) is 5.69 Å². The highest BCUT2D eigenvalue weighted by Gasteiger charge is 2.16. The summed E-state index contributed by atoms with van der Waals surface area (Å²) in [6.45, 7) is 0. The van der Waals surface area contributed by atoms with Crippen molar-refractivity contribution in [3.8, 4) is 33.5 Å². The molecule has 0 atom stereocenters. The fraction of sp³-hybridized carbons (Fsp3) is 0.150. The predicted octanol–water partition coefficient (Wildman–Crippen LogP) is 5.40. The fourth-order valence-electron chi connectivity index (χ4n) is 2.84. The Morgan fingerprint density at radius 3 is 2.61 bits per heavy atom. The normalized spacial score (nSPS) is 11.0. The Morgan fingerprint density at radius 2 is 1.87 bits per heavy atom. The van der Waals surface area contributed by atoms with Crippen molar-refractivity contribution >= 4 is 46.3 Å². The minimum absolute atomic E-state index is 0.460. The van der Waals surface area contributed by atoms with Gasteiger partial charge in [0.05, 0.1) is 24.9 Å². The highest BCUT2D eigenvalue weighted by Crippen LogP contribution is 2.35. The molecule has 31 heavy (non-hydrogen) atoms. The Kier molecular flexibility index (Phi) is 6.57. The van der Waals surface area contributed by atoms with Gasteiger partial charge < -0.3 is 15.3 Å². The third-order valence-electron chi connectivity index (χ3n) is 4.37. The number of ether oxygens (including phenoxy) is 2. The molecule has 0 radical (unpaired) electrons. The van der Waals surface area contributed by atoms with Crippen LogP contribution in [0, 0.1) is 0 Å². The maximum Gasteiger partial charge on any atom is 0.210 e. The summed E-state index contributed by atoms with van der Waals surface area (Å²) in [5.41, 5.74) is 2.53. The third kappa shape index (κ3) is 4.59. The number of halogens is 2. The van der Waals surface area contributed by atoms with Crippen LogP contribution in [0.4, 0.5) is 0 Å². The Morgan fingerprint density at radius 1 is 1.06 bits per heavy atom. The molecule has 160 valence electrons. The second-order valence-corrected chi connectivity index (χ2v) is 8.95. The van der Waals surface area contributed by atoms with Crippen molar-refractivity contribution < 1.29 is 9.47 Å². The minimum atomic E-state index is 0.460. The zero-order chi connectivity index (χ0) is 22.0. The molecule has 4 aromatic rings. The number of nitrogens with two attached hydrogens (primary N) is 1. The molecule has 2 heterocycles. The van der Waals surface area contributed by atoms with Gasteiger partial charge in [0.2, 0.25) is 5.16 Å². The van der Waals surface area contributed by atoms with E-state index in [-0.39, 0.29) is 0 Å². The number of thiazole rings is 1. The molecule has 2 N–H and O–H groups in total. The largest absolute Gasteiger partial charge is 0.493 e. The van der Waals surface area contributed by atoms with Gasteiger partial charge in [-0.05, 0) is 36.4 Å². The molecule has 0 saturated heterocycles. The molecule has 0 aliphatic heterocycles. The summed E-state index contributed by atoms with van der Waals surface area (Å²) >= 11 is 15.2. The number of rotatable bonds is 7. The second-order valence-electron chi connectivity index (χ2n) is 6.30. The molecule has 2 aromatic carbocycles. The summed E-state index contributed by atoms with van der Waals surface area (Å²) in [5.74, 6) is 8.60. The molecule has 0 saturated carbocycles. The van der Waals surface area contributed by atoms with Gasteiger partial charge in [-0.1, -0.05) is 35.0 Å². The van der Waals surface area contributed by atoms with Crippen LogP contribution in [-0.4, -0.2) is 34.1 Å². The third-order valence-corrected chi connectivity index (χ3v) is 6.83. The molecule has 0 spiro atoms. The lowest BCUT2D eigenvalue weighted by molar-refractivity contribution is 0.355. The number of hydrogen-bond acceptors (Lipinski definition) is 8. The molecular formula is C20H17Cl2N5O2S2. The molecule has 0 bridgehead atoms. The number of nitrogen functional groups attached to an aromatic ring is 1. The zero-order valence-electron chi connectivity index (χ0n) is 16.5. The first-order chi connectivity index (χ1) is 15.0. The van der Waals surface area contributed by atoms with Crippen LogP contribution in [0.3, 0.4) is 0 Å². The summed E-state index contributed by atoms with van der Waals surface area (Å²) in [6, 6.07) is 10.9. The van der Waals surface area contributed by atoms with Crippen molar-refractivity contribution in [2.45, 2.75) is 10.9 Å². The Balaban J connectivity index is 1.49. The Labute approximate surface area is 197 Å². The van der Waals surface area contributed by atoms with Crippen molar-refractivity contribution in [3.05, 3.63) is 57.5 Å². The molecule has 4 rings (SSSR count). The number of thioether (sulfide) groups is 1. The Hall–Kier alpha value is -2.46. The smallest absolute Gasteiger partial charge is 0.210 e. The lowest BCUT2D eigenvalue weighted by Crippen LogP contribution is -2.11. The first kappa shape index (κ1) is 21.8.